The van der Waals surface area contributed by atoms with Gasteiger partial charge in [-0.15, -0.1) is 0 Å². The van der Waals surface area contributed by atoms with Crippen LogP contribution < -0.4 is 5.73 Å². The lowest BCUT2D eigenvalue weighted by atomic mass is 9.92. The molecule has 0 fully saturated rings. The van der Waals surface area contributed by atoms with Crippen molar-refractivity contribution in [2.45, 2.75) is 12.8 Å². The van der Waals surface area contributed by atoms with Gasteiger partial charge in [0, 0.05) is 10.0 Å². The van der Waals surface area contributed by atoms with E-state index in [0.717, 1.165) is 24.0 Å². The number of rotatable bonds is 5. The number of hydrogen-bond acceptors (Lipinski definition) is 1. The van der Waals surface area contributed by atoms with E-state index < -0.39 is 0 Å². The standard InChI is InChI=1S/C16H16Cl2FN/c17-14-5-4-13(16(18)9-14)7-12(10-20)6-11-2-1-3-15(19)8-11/h1-5,8-9,12H,6-7,10,20H2. The fraction of sp³-hybridized carbons (Fsp3) is 0.250. The summed E-state index contributed by atoms with van der Waals surface area (Å²) in [6.45, 7) is 0.523. The summed E-state index contributed by atoms with van der Waals surface area (Å²) in [4.78, 5) is 0. The Morgan fingerprint density at radius 2 is 1.85 bits per heavy atom. The van der Waals surface area contributed by atoms with Crippen LogP contribution in [0.2, 0.25) is 10.0 Å². The summed E-state index contributed by atoms with van der Waals surface area (Å²) < 4.78 is 13.2. The molecule has 0 radical (unpaired) electrons. The highest BCUT2D eigenvalue weighted by Crippen LogP contribution is 2.24. The molecule has 2 aromatic carbocycles. The minimum atomic E-state index is -0.220. The Morgan fingerprint density at radius 1 is 1.05 bits per heavy atom. The van der Waals surface area contributed by atoms with E-state index in [-0.39, 0.29) is 11.7 Å². The molecule has 106 valence electrons. The highest BCUT2D eigenvalue weighted by atomic mass is 35.5. The molecule has 2 rings (SSSR count). The Hall–Kier alpha value is -1.09. The molecule has 0 spiro atoms. The lowest BCUT2D eigenvalue weighted by Gasteiger charge is -2.16. The van der Waals surface area contributed by atoms with Gasteiger partial charge in [0.15, 0.2) is 0 Å². The van der Waals surface area contributed by atoms with Crippen molar-refractivity contribution in [3.05, 3.63) is 69.5 Å². The summed E-state index contributed by atoms with van der Waals surface area (Å²) in [5, 5.41) is 1.27. The van der Waals surface area contributed by atoms with E-state index in [4.69, 9.17) is 28.9 Å². The van der Waals surface area contributed by atoms with E-state index in [0.29, 0.717) is 16.6 Å². The van der Waals surface area contributed by atoms with Gasteiger partial charge < -0.3 is 5.73 Å². The zero-order valence-electron chi connectivity index (χ0n) is 11.0. The van der Waals surface area contributed by atoms with E-state index in [1.165, 1.54) is 6.07 Å². The Labute approximate surface area is 128 Å². The molecule has 0 aliphatic carbocycles. The van der Waals surface area contributed by atoms with Gasteiger partial charge in [-0.25, -0.2) is 4.39 Å². The Bertz CT molecular complexity index is 586. The van der Waals surface area contributed by atoms with Crippen molar-refractivity contribution < 1.29 is 4.39 Å². The van der Waals surface area contributed by atoms with Gasteiger partial charge >= 0.3 is 0 Å². The van der Waals surface area contributed by atoms with Crippen molar-refractivity contribution in [3.63, 3.8) is 0 Å². The van der Waals surface area contributed by atoms with Gasteiger partial charge in [0.05, 0.1) is 0 Å². The van der Waals surface area contributed by atoms with Crippen LogP contribution >= 0.6 is 23.2 Å². The molecule has 0 heterocycles. The summed E-state index contributed by atoms with van der Waals surface area (Å²) >= 11 is 12.1. The smallest absolute Gasteiger partial charge is 0.123 e. The fourth-order valence-electron chi connectivity index (χ4n) is 2.23. The van der Waals surface area contributed by atoms with Crippen LogP contribution in [0.1, 0.15) is 11.1 Å². The van der Waals surface area contributed by atoms with E-state index >= 15 is 0 Å². The molecule has 2 aromatic rings. The van der Waals surface area contributed by atoms with Crippen LogP contribution in [0.15, 0.2) is 42.5 Å². The predicted octanol–water partition coefficient (Wildman–Crippen LogP) is 4.49. The van der Waals surface area contributed by atoms with Crippen LogP contribution in [0.3, 0.4) is 0 Å². The monoisotopic (exact) mass is 311 g/mol. The SMILES string of the molecule is NCC(Cc1cccc(F)c1)Cc1ccc(Cl)cc1Cl. The van der Waals surface area contributed by atoms with Crippen LogP contribution in [0.5, 0.6) is 0 Å². The predicted molar refractivity (Wildman–Crippen MR) is 82.8 cm³/mol. The van der Waals surface area contributed by atoms with Crippen molar-refractivity contribution in [2.75, 3.05) is 6.54 Å². The molecule has 20 heavy (non-hydrogen) atoms. The van der Waals surface area contributed by atoms with E-state index in [9.17, 15) is 4.39 Å². The van der Waals surface area contributed by atoms with E-state index in [2.05, 4.69) is 0 Å². The number of hydrogen-bond donors (Lipinski definition) is 1. The van der Waals surface area contributed by atoms with Gasteiger partial charge in [-0.2, -0.15) is 0 Å². The quantitative estimate of drug-likeness (QED) is 0.865. The molecule has 0 saturated carbocycles. The average Bonchev–Trinajstić information content (AvgIpc) is 2.41. The average molecular weight is 312 g/mol. The largest absolute Gasteiger partial charge is 0.330 e. The number of benzene rings is 2. The highest BCUT2D eigenvalue weighted by Gasteiger charge is 2.12. The normalized spacial score (nSPS) is 12.4. The van der Waals surface area contributed by atoms with Crippen LogP contribution in [0.4, 0.5) is 4.39 Å². The van der Waals surface area contributed by atoms with E-state index in [1.54, 1.807) is 18.2 Å². The molecule has 1 atom stereocenters. The van der Waals surface area contributed by atoms with Gasteiger partial charge in [-0.05, 0) is 60.7 Å². The van der Waals surface area contributed by atoms with Crippen molar-refractivity contribution in [1.82, 2.24) is 0 Å². The second-order valence-electron chi connectivity index (χ2n) is 4.88. The third-order valence-corrected chi connectivity index (χ3v) is 3.86. The van der Waals surface area contributed by atoms with Crippen molar-refractivity contribution in [3.8, 4) is 0 Å². The van der Waals surface area contributed by atoms with Gasteiger partial charge in [0.2, 0.25) is 0 Å². The summed E-state index contributed by atoms with van der Waals surface area (Å²) in [7, 11) is 0. The van der Waals surface area contributed by atoms with E-state index in [1.807, 2.05) is 18.2 Å². The Balaban J connectivity index is 2.09. The zero-order valence-corrected chi connectivity index (χ0v) is 12.5. The summed E-state index contributed by atoms with van der Waals surface area (Å²) in [6.07, 6.45) is 1.48. The zero-order chi connectivity index (χ0) is 14.5. The molecular weight excluding hydrogens is 296 g/mol. The maximum Gasteiger partial charge on any atom is 0.123 e. The summed E-state index contributed by atoms with van der Waals surface area (Å²) in [6, 6.07) is 12.1. The molecule has 0 aliphatic rings. The van der Waals surface area contributed by atoms with Crippen molar-refractivity contribution in [1.29, 1.82) is 0 Å². The number of nitrogens with two attached hydrogens (primary N) is 1. The van der Waals surface area contributed by atoms with Gasteiger partial charge in [-0.1, -0.05) is 41.4 Å². The lowest BCUT2D eigenvalue weighted by Crippen LogP contribution is -2.19. The summed E-state index contributed by atoms with van der Waals surface area (Å²) in [5.74, 6) is -0.00160. The van der Waals surface area contributed by atoms with Gasteiger partial charge in [-0.3, -0.25) is 0 Å². The van der Waals surface area contributed by atoms with Crippen molar-refractivity contribution >= 4 is 23.2 Å². The summed E-state index contributed by atoms with van der Waals surface area (Å²) in [5.41, 5.74) is 7.79. The van der Waals surface area contributed by atoms with Gasteiger partial charge in [0.25, 0.3) is 0 Å². The first-order chi connectivity index (χ1) is 9.58. The minimum Gasteiger partial charge on any atom is -0.330 e. The third-order valence-electron chi connectivity index (χ3n) is 3.27. The molecule has 0 saturated heterocycles. The topological polar surface area (TPSA) is 26.0 Å². The van der Waals surface area contributed by atoms with Crippen LogP contribution in [-0.2, 0) is 12.8 Å². The first kappa shape index (κ1) is 15.3. The first-order valence-corrected chi connectivity index (χ1v) is 7.22. The molecule has 0 bridgehead atoms. The number of halogens is 3. The molecule has 0 aliphatic heterocycles. The molecule has 1 unspecified atom stereocenters. The Morgan fingerprint density at radius 3 is 2.50 bits per heavy atom. The molecule has 0 aromatic heterocycles. The van der Waals surface area contributed by atoms with Crippen LogP contribution in [0.25, 0.3) is 0 Å². The first-order valence-electron chi connectivity index (χ1n) is 6.47. The van der Waals surface area contributed by atoms with Crippen LogP contribution in [0, 0.1) is 11.7 Å². The van der Waals surface area contributed by atoms with Crippen molar-refractivity contribution in [2.24, 2.45) is 11.7 Å². The third kappa shape index (κ3) is 4.20. The maximum atomic E-state index is 13.2. The maximum absolute atomic E-state index is 13.2. The molecule has 2 N–H and O–H groups in total. The fourth-order valence-corrected chi connectivity index (χ4v) is 2.72. The highest BCUT2D eigenvalue weighted by molar-refractivity contribution is 6.35. The molecular formula is C16H16Cl2FN. The minimum absolute atomic E-state index is 0.218. The van der Waals surface area contributed by atoms with Gasteiger partial charge in [0.1, 0.15) is 5.82 Å². The van der Waals surface area contributed by atoms with Crippen LogP contribution in [-0.4, -0.2) is 6.54 Å². The molecule has 4 heteroatoms. The lowest BCUT2D eigenvalue weighted by molar-refractivity contribution is 0.530. The molecule has 0 amide bonds. The molecule has 1 nitrogen and oxygen atoms in total. The second-order valence-corrected chi connectivity index (χ2v) is 5.72. The Kier molecular flexibility index (Phi) is 5.41. The second kappa shape index (κ2) is 7.07.